The van der Waals surface area contributed by atoms with E-state index >= 15 is 0 Å². The fraction of sp³-hybridized carbons (Fsp3) is 0.257. The summed E-state index contributed by atoms with van der Waals surface area (Å²) < 4.78 is 6.02. The Labute approximate surface area is 229 Å². The highest BCUT2D eigenvalue weighted by Crippen LogP contribution is 2.45. The second-order valence-corrected chi connectivity index (χ2v) is 11.0. The summed E-state index contributed by atoms with van der Waals surface area (Å²) in [7, 11) is 0. The first-order valence-electron chi connectivity index (χ1n) is 14.0. The number of ketones is 1. The lowest BCUT2D eigenvalue weighted by atomic mass is 9.83. The van der Waals surface area contributed by atoms with Crippen LogP contribution in [0.2, 0.25) is 0 Å². The van der Waals surface area contributed by atoms with Crippen molar-refractivity contribution in [1.82, 2.24) is 4.90 Å². The molecule has 4 aromatic rings. The van der Waals surface area contributed by atoms with Crippen LogP contribution in [0.4, 0.5) is 4.79 Å². The van der Waals surface area contributed by atoms with Gasteiger partial charge in [-0.25, -0.2) is 4.79 Å². The Morgan fingerprint density at radius 3 is 1.85 bits per heavy atom. The number of benzene rings is 4. The minimum Gasteiger partial charge on any atom is -0.448 e. The molecule has 0 spiro atoms. The van der Waals surface area contributed by atoms with Gasteiger partial charge in [-0.2, -0.15) is 0 Å². The third kappa shape index (κ3) is 4.15. The van der Waals surface area contributed by atoms with E-state index in [1.165, 1.54) is 22.3 Å². The molecule has 2 bridgehead atoms. The molecule has 0 saturated carbocycles. The van der Waals surface area contributed by atoms with E-state index in [9.17, 15) is 9.59 Å². The van der Waals surface area contributed by atoms with Gasteiger partial charge in [-0.15, -0.1) is 0 Å². The van der Waals surface area contributed by atoms with Gasteiger partial charge in [0, 0.05) is 29.5 Å². The predicted octanol–water partition coefficient (Wildman–Crippen LogP) is 7.73. The van der Waals surface area contributed by atoms with Crippen LogP contribution in [0, 0.1) is 5.92 Å². The SMILES string of the molecule is O=C(c1ccccc1-c1ccccc1)C1CC2CCC(C1)N2C(=O)OCC1c2ccccc2-c2ccccc21. The van der Waals surface area contributed by atoms with Crippen LogP contribution in [0.15, 0.2) is 103 Å². The van der Waals surface area contributed by atoms with Crippen molar-refractivity contribution < 1.29 is 14.3 Å². The lowest BCUT2D eigenvalue weighted by Crippen LogP contribution is -2.48. The summed E-state index contributed by atoms with van der Waals surface area (Å²) in [5.41, 5.74) is 7.71. The smallest absolute Gasteiger partial charge is 0.410 e. The van der Waals surface area contributed by atoms with Gasteiger partial charge in [0.15, 0.2) is 5.78 Å². The Morgan fingerprint density at radius 1 is 0.667 bits per heavy atom. The summed E-state index contributed by atoms with van der Waals surface area (Å²) in [6, 6.07) is 34.9. The highest BCUT2D eigenvalue weighted by molar-refractivity contribution is 6.04. The molecule has 4 nitrogen and oxygen atoms in total. The molecule has 2 fully saturated rings. The molecule has 1 amide bonds. The number of piperidine rings is 1. The minimum atomic E-state index is -0.236. The second kappa shape index (κ2) is 9.85. The van der Waals surface area contributed by atoms with E-state index in [1.807, 2.05) is 47.4 Å². The number of Topliss-reactive ketones (excluding diaryl/α,β-unsaturated/α-hetero) is 1. The molecule has 0 aromatic heterocycles. The fourth-order valence-corrected chi connectivity index (χ4v) is 7.15. The van der Waals surface area contributed by atoms with Gasteiger partial charge in [0.05, 0.1) is 0 Å². The quantitative estimate of drug-likeness (QED) is 0.257. The molecule has 2 aliphatic heterocycles. The zero-order valence-electron chi connectivity index (χ0n) is 21.8. The first-order chi connectivity index (χ1) is 19.2. The zero-order valence-corrected chi connectivity index (χ0v) is 21.8. The van der Waals surface area contributed by atoms with Crippen LogP contribution in [0.1, 0.15) is 53.1 Å². The monoisotopic (exact) mass is 513 g/mol. The third-order valence-electron chi connectivity index (χ3n) is 8.93. The van der Waals surface area contributed by atoms with Gasteiger partial charge in [-0.1, -0.05) is 103 Å². The Bertz CT molecular complexity index is 1490. The molecule has 3 aliphatic rings. The van der Waals surface area contributed by atoms with Crippen molar-refractivity contribution in [3.8, 4) is 22.3 Å². The topological polar surface area (TPSA) is 46.6 Å². The first-order valence-corrected chi connectivity index (χ1v) is 14.0. The van der Waals surface area contributed by atoms with Crippen LogP contribution >= 0.6 is 0 Å². The third-order valence-corrected chi connectivity index (χ3v) is 8.93. The standard InChI is InChI=1S/C35H31NO3/c37-34(32-17-9-4-12-27(32)23-10-2-1-3-11-23)24-20-25-18-19-26(21-24)36(25)35(38)39-22-33-30-15-7-5-13-28(30)29-14-6-8-16-31(29)33/h1-17,24-26,33H,18-22H2. The number of hydrogen-bond donors (Lipinski definition) is 0. The molecule has 7 rings (SSSR count). The van der Waals surface area contributed by atoms with Crippen molar-refractivity contribution in [3.63, 3.8) is 0 Å². The van der Waals surface area contributed by atoms with E-state index in [-0.39, 0.29) is 35.8 Å². The Balaban J connectivity index is 1.06. The molecule has 4 aromatic carbocycles. The normalized spacial score (nSPS) is 21.3. The average Bonchev–Trinajstić information content (AvgIpc) is 3.46. The Morgan fingerprint density at radius 2 is 1.21 bits per heavy atom. The van der Waals surface area contributed by atoms with Crippen LogP contribution in [-0.4, -0.2) is 35.5 Å². The van der Waals surface area contributed by atoms with Crippen molar-refractivity contribution in [2.75, 3.05) is 6.61 Å². The molecule has 4 heteroatoms. The van der Waals surface area contributed by atoms with Gasteiger partial charge >= 0.3 is 6.09 Å². The molecular formula is C35H31NO3. The number of rotatable bonds is 5. The number of ether oxygens (including phenoxy) is 1. The lowest BCUT2D eigenvalue weighted by molar-refractivity contribution is 0.0506. The highest BCUT2D eigenvalue weighted by atomic mass is 16.6. The molecule has 39 heavy (non-hydrogen) atoms. The first kappa shape index (κ1) is 23.9. The van der Waals surface area contributed by atoms with Crippen molar-refractivity contribution in [1.29, 1.82) is 0 Å². The van der Waals surface area contributed by atoms with E-state index in [0.29, 0.717) is 19.4 Å². The van der Waals surface area contributed by atoms with Crippen LogP contribution in [0.3, 0.4) is 0 Å². The van der Waals surface area contributed by atoms with Crippen molar-refractivity contribution in [2.24, 2.45) is 5.92 Å². The molecular weight excluding hydrogens is 482 g/mol. The summed E-state index contributed by atoms with van der Waals surface area (Å²) in [5, 5.41) is 0. The van der Waals surface area contributed by atoms with Crippen LogP contribution in [-0.2, 0) is 4.74 Å². The van der Waals surface area contributed by atoms with Gasteiger partial charge in [-0.05, 0) is 59.1 Å². The van der Waals surface area contributed by atoms with Gasteiger partial charge in [0.25, 0.3) is 0 Å². The summed E-state index contributed by atoms with van der Waals surface area (Å²) in [4.78, 5) is 29.2. The fourth-order valence-electron chi connectivity index (χ4n) is 7.15. The second-order valence-electron chi connectivity index (χ2n) is 11.0. The van der Waals surface area contributed by atoms with Crippen molar-refractivity contribution in [3.05, 3.63) is 120 Å². The maximum atomic E-state index is 13.8. The van der Waals surface area contributed by atoms with Crippen LogP contribution in [0.25, 0.3) is 22.3 Å². The predicted molar refractivity (Wildman–Crippen MR) is 153 cm³/mol. The van der Waals surface area contributed by atoms with Crippen molar-refractivity contribution in [2.45, 2.75) is 43.7 Å². The number of carbonyl (C=O) groups excluding carboxylic acids is 2. The lowest BCUT2D eigenvalue weighted by Gasteiger charge is -2.38. The minimum absolute atomic E-state index is 0.0487. The number of carbonyl (C=O) groups is 2. The van der Waals surface area contributed by atoms with Gasteiger partial charge in [-0.3, -0.25) is 4.79 Å². The van der Waals surface area contributed by atoms with Gasteiger partial charge < -0.3 is 9.64 Å². The summed E-state index contributed by atoms with van der Waals surface area (Å²) >= 11 is 0. The number of hydrogen-bond acceptors (Lipinski definition) is 3. The molecule has 2 unspecified atom stereocenters. The maximum absolute atomic E-state index is 13.8. The van der Waals surface area contributed by atoms with E-state index in [1.54, 1.807) is 0 Å². The summed E-state index contributed by atoms with van der Waals surface area (Å²) in [5.74, 6) is 0.163. The molecule has 194 valence electrons. The molecule has 0 N–H and O–H groups in total. The van der Waals surface area contributed by atoms with Crippen LogP contribution in [0.5, 0.6) is 0 Å². The number of amides is 1. The molecule has 2 saturated heterocycles. The Kier molecular flexibility index (Phi) is 6.04. The zero-order chi connectivity index (χ0) is 26.3. The molecule has 1 aliphatic carbocycles. The summed E-state index contributed by atoms with van der Waals surface area (Å²) in [6.07, 6.45) is 3.02. The average molecular weight is 514 g/mol. The maximum Gasteiger partial charge on any atom is 0.410 e. The Hall–Kier alpha value is -4.18. The number of fused-ring (bicyclic) bond motifs is 5. The van der Waals surface area contributed by atoms with Crippen molar-refractivity contribution >= 4 is 11.9 Å². The summed E-state index contributed by atoms with van der Waals surface area (Å²) in [6.45, 7) is 0.329. The van der Waals surface area contributed by atoms with E-state index < -0.39 is 0 Å². The number of nitrogens with zero attached hydrogens (tertiary/aromatic N) is 1. The van der Waals surface area contributed by atoms with E-state index in [4.69, 9.17) is 4.74 Å². The molecule has 2 heterocycles. The van der Waals surface area contributed by atoms with Gasteiger partial charge in [0.2, 0.25) is 0 Å². The van der Waals surface area contributed by atoms with E-state index in [2.05, 4.69) is 60.7 Å². The van der Waals surface area contributed by atoms with E-state index in [0.717, 1.165) is 29.5 Å². The molecule has 0 radical (unpaired) electrons. The van der Waals surface area contributed by atoms with Crippen LogP contribution < -0.4 is 0 Å². The van der Waals surface area contributed by atoms with Gasteiger partial charge in [0.1, 0.15) is 6.61 Å². The largest absolute Gasteiger partial charge is 0.448 e. The highest BCUT2D eigenvalue weighted by Gasteiger charge is 2.46. The molecule has 2 atom stereocenters.